The predicted molar refractivity (Wildman–Crippen MR) is 87.4 cm³/mol. The topological polar surface area (TPSA) is 81.1 Å². The molecule has 6 nitrogen and oxygen atoms in total. The highest BCUT2D eigenvalue weighted by Gasteiger charge is 2.13. The summed E-state index contributed by atoms with van der Waals surface area (Å²) in [6, 6.07) is 14.0. The number of nitro benzene ring substituents is 1. The van der Waals surface area contributed by atoms with Gasteiger partial charge < -0.3 is 9.72 Å². The lowest BCUT2D eigenvalue weighted by Gasteiger charge is -2.01. The molecule has 0 bridgehead atoms. The quantitative estimate of drug-likeness (QED) is 0.584. The van der Waals surface area contributed by atoms with Crippen molar-refractivity contribution in [3.8, 4) is 28.4 Å². The van der Waals surface area contributed by atoms with Crippen LogP contribution in [0.2, 0.25) is 0 Å². The third-order valence-electron chi connectivity index (χ3n) is 3.58. The Kier molecular flexibility index (Phi) is 3.80. The van der Waals surface area contributed by atoms with E-state index in [0.717, 1.165) is 22.7 Å². The molecule has 6 heteroatoms. The van der Waals surface area contributed by atoms with E-state index in [-0.39, 0.29) is 5.69 Å². The van der Waals surface area contributed by atoms with E-state index < -0.39 is 4.92 Å². The zero-order valence-electron chi connectivity index (χ0n) is 12.7. The number of nitro groups is 1. The van der Waals surface area contributed by atoms with Crippen molar-refractivity contribution in [2.24, 2.45) is 0 Å². The van der Waals surface area contributed by atoms with Crippen molar-refractivity contribution in [3.05, 3.63) is 64.3 Å². The summed E-state index contributed by atoms with van der Waals surface area (Å²) >= 11 is 0. The molecule has 3 aromatic rings. The molecule has 0 spiro atoms. The molecular formula is C17H15N3O3. The fraction of sp³-hybridized carbons (Fsp3) is 0.118. The molecule has 0 amide bonds. The van der Waals surface area contributed by atoms with Gasteiger partial charge in [0.1, 0.15) is 11.6 Å². The average molecular weight is 309 g/mol. The molecule has 0 aliphatic rings. The lowest BCUT2D eigenvalue weighted by molar-refractivity contribution is -0.384. The zero-order valence-corrected chi connectivity index (χ0v) is 12.7. The van der Waals surface area contributed by atoms with E-state index in [2.05, 4.69) is 9.97 Å². The number of hydrogen-bond donors (Lipinski definition) is 1. The Morgan fingerprint density at radius 3 is 2.52 bits per heavy atom. The van der Waals surface area contributed by atoms with Crippen molar-refractivity contribution in [2.45, 2.75) is 6.92 Å². The lowest BCUT2D eigenvalue weighted by Crippen LogP contribution is -1.89. The van der Waals surface area contributed by atoms with Gasteiger partial charge >= 0.3 is 0 Å². The van der Waals surface area contributed by atoms with Crippen molar-refractivity contribution < 1.29 is 9.66 Å². The van der Waals surface area contributed by atoms with Gasteiger partial charge in [-0.3, -0.25) is 10.1 Å². The molecule has 1 aromatic heterocycles. The average Bonchev–Trinajstić information content (AvgIpc) is 2.97. The standard InChI is InChI=1S/C17H15N3O3/c1-11-16(12-6-8-15(23-2)9-7-12)19-17(18-11)13-4-3-5-14(10-13)20(21)22/h3-10H,1-2H3,(H,18,19). The van der Waals surface area contributed by atoms with Gasteiger partial charge in [0.05, 0.1) is 17.7 Å². The van der Waals surface area contributed by atoms with Crippen LogP contribution in [0.5, 0.6) is 5.75 Å². The van der Waals surface area contributed by atoms with E-state index in [9.17, 15) is 10.1 Å². The fourth-order valence-electron chi connectivity index (χ4n) is 2.39. The predicted octanol–water partition coefficient (Wildman–Crippen LogP) is 3.97. The van der Waals surface area contributed by atoms with Crippen LogP contribution in [0.4, 0.5) is 5.69 Å². The van der Waals surface area contributed by atoms with E-state index in [1.807, 2.05) is 31.2 Å². The molecule has 0 atom stereocenters. The molecular weight excluding hydrogens is 294 g/mol. The first-order chi connectivity index (χ1) is 11.1. The first kappa shape index (κ1) is 14.8. The van der Waals surface area contributed by atoms with Gasteiger partial charge in [0.25, 0.3) is 5.69 Å². The van der Waals surface area contributed by atoms with E-state index in [1.54, 1.807) is 19.2 Å². The number of methoxy groups -OCH3 is 1. The number of aryl methyl sites for hydroxylation is 1. The third-order valence-corrected chi connectivity index (χ3v) is 3.58. The van der Waals surface area contributed by atoms with Crippen molar-refractivity contribution in [2.75, 3.05) is 7.11 Å². The van der Waals surface area contributed by atoms with Gasteiger partial charge in [0, 0.05) is 29.0 Å². The highest BCUT2D eigenvalue weighted by molar-refractivity contribution is 5.68. The SMILES string of the molecule is COc1ccc(-c2nc(-c3cccc([N+](=O)[O-])c3)[nH]c2C)cc1. The third kappa shape index (κ3) is 2.91. The Bertz CT molecular complexity index is 854. The second-order valence-electron chi connectivity index (χ2n) is 5.09. The van der Waals surface area contributed by atoms with Gasteiger partial charge in [-0.25, -0.2) is 4.98 Å². The van der Waals surface area contributed by atoms with Crippen LogP contribution in [0.1, 0.15) is 5.69 Å². The smallest absolute Gasteiger partial charge is 0.270 e. The van der Waals surface area contributed by atoms with E-state index in [0.29, 0.717) is 11.4 Å². The zero-order chi connectivity index (χ0) is 16.4. The summed E-state index contributed by atoms with van der Waals surface area (Å²) in [5, 5.41) is 10.9. The minimum absolute atomic E-state index is 0.0440. The number of aromatic amines is 1. The molecule has 2 aromatic carbocycles. The molecule has 3 rings (SSSR count). The number of non-ortho nitro benzene ring substituents is 1. The number of benzene rings is 2. The maximum Gasteiger partial charge on any atom is 0.270 e. The van der Waals surface area contributed by atoms with Gasteiger partial charge in [0.15, 0.2) is 0 Å². The van der Waals surface area contributed by atoms with E-state index in [1.165, 1.54) is 12.1 Å². The molecule has 0 aliphatic carbocycles. The van der Waals surface area contributed by atoms with Gasteiger partial charge in [-0.15, -0.1) is 0 Å². The number of nitrogens with zero attached hydrogens (tertiary/aromatic N) is 2. The highest BCUT2D eigenvalue weighted by Crippen LogP contribution is 2.28. The summed E-state index contributed by atoms with van der Waals surface area (Å²) in [5.74, 6) is 1.39. The largest absolute Gasteiger partial charge is 0.497 e. The molecule has 0 saturated heterocycles. The normalized spacial score (nSPS) is 10.5. The van der Waals surface area contributed by atoms with Crippen LogP contribution >= 0.6 is 0 Å². The maximum atomic E-state index is 10.9. The van der Waals surface area contributed by atoms with Crippen LogP contribution in [0.3, 0.4) is 0 Å². The summed E-state index contributed by atoms with van der Waals surface area (Å²) in [4.78, 5) is 18.3. The molecule has 0 unspecified atom stereocenters. The van der Waals surface area contributed by atoms with Crippen LogP contribution in [0.15, 0.2) is 48.5 Å². The highest BCUT2D eigenvalue weighted by atomic mass is 16.6. The van der Waals surface area contributed by atoms with Crippen LogP contribution in [-0.2, 0) is 0 Å². The first-order valence-corrected chi connectivity index (χ1v) is 7.04. The van der Waals surface area contributed by atoms with Crippen LogP contribution in [0.25, 0.3) is 22.6 Å². The Balaban J connectivity index is 2.00. The molecule has 1 heterocycles. The number of H-pyrrole nitrogens is 1. The Morgan fingerprint density at radius 1 is 1.13 bits per heavy atom. The van der Waals surface area contributed by atoms with Gasteiger partial charge in [-0.1, -0.05) is 12.1 Å². The minimum atomic E-state index is -0.413. The van der Waals surface area contributed by atoms with Gasteiger partial charge in [-0.05, 0) is 31.2 Å². The minimum Gasteiger partial charge on any atom is -0.497 e. The number of ether oxygens (including phenoxy) is 1. The second kappa shape index (κ2) is 5.92. The lowest BCUT2D eigenvalue weighted by atomic mass is 10.1. The van der Waals surface area contributed by atoms with Crippen LogP contribution in [-0.4, -0.2) is 22.0 Å². The first-order valence-electron chi connectivity index (χ1n) is 7.04. The number of hydrogen-bond acceptors (Lipinski definition) is 4. The van der Waals surface area contributed by atoms with Crippen LogP contribution in [0, 0.1) is 17.0 Å². The number of nitrogens with one attached hydrogen (secondary N) is 1. The molecule has 0 radical (unpaired) electrons. The molecule has 116 valence electrons. The number of aromatic nitrogens is 2. The summed E-state index contributed by atoms with van der Waals surface area (Å²) in [5.41, 5.74) is 3.40. The summed E-state index contributed by atoms with van der Waals surface area (Å²) < 4.78 is 5.15. The number of rotatable bonds is 4. The second-order valence-corrected chi connectivity index (χ2v) is 5.09. The van der Waals surface area contributed by atoms with Crippen molar-refractivity contribution in [1.29, 1.82) is 0 Å². The molecule has 23 heavy (non-hydrogen) atoms. The molecule has 0 fully saturated rings. The summed E-state index contributed by atoms with van der Waals surface area (Å²) in [7, 11) is 1.62. The molecule has 1 N–H and O–H groups in total. The van der Waals surface area contributed by atoms with E-state index >= 15 is 0 Å². The Hall–Kier alpha value is -3.15. The Morgan fingerprint density at radius 2 is 1.87 bits per heavy atom. The van der Waals surface area contributed by atoms with Crippen LogP contribution < -0.4 is 4.74 Å². The molecule has 0 aliphatic heterocycles. The van der Waals surface area contributed by atoms with Crippen molar-refractivity contribution in [1.82, 2.24) is 9.97 Å². The van der Waals surface area contributed by atoms with Gasteiger partial charge in [-0.2, -0.15) is 0 Å². The number of imidazole rings is 1. The van der Waals surface area contributed by atoms with E-state index in [4.69, 9.17) is 4.74 Å². The monoisotopic (exact) mass is 309 g/mol. The van der Waals surface area contributed by atoms with Gasteiger partial charge in [0.2, 0.25) is 0 Å². The molecule has 0 saturated carbocycles. The maximum absolute atomic E-state index is 10.9. The Labute approximate surface area is 132 Å². The summed E-state index contributed by atoms with van der Waals surface area (Å²) in [6.45, 7) is 1.92. The fourth-order valence-corrected chi connectivity index (χ4v) is 2.39. The summed E-state index contributed by atoms with van der Waals surface area (Å²) in [6.07, 6.45) is 0. The van der Waals surface area contributed by atoms with Crippen molar-refractivity contribution >= 4 is 5.69 Å². The van der Waals surface area contributed by atoms with Crippen molar-refractivity contribution in [3.63, 3.8) is 0 Å².